The van der Waals surface area contributed by atoms with E-state index >= 15 is 0 Å². The molecule has 11 heteroatoms. The number of hydrogen-bond donors (Lipinski definition) is 1. The smallest absolute Gasteiger partial charge is 0.332 e. The molecule has 1 N–H and O–H groups in total. The number of carboxylic acids is 1. The zero-order chi connectivity index (χ0) is 20.9. The van der Waals surface area contributed by atoms with Crippen LogP contribution in [0.5, 0.6) is 0 Å². The fourth-order valence-electron chi connectivity index (χ4n) is 3.36. The van der Waals surface area contributed by atoms with Gasteiger partial charge in [-0.2, -0.15) is 10.1 Å². The third-order valence-corrected chi connectivity index (χ3v) is 5.19. The molecule has 0 unspecified atom stereocenters. The Morgan fingerprint density at radius 2 is 1.93 bits per heavy atom. The number of hydrogen-bond acceptors (Lipinski definition) is 6. The van der Waals surface area contributed by atoms with Crippen molar-refractivity contribution in [2.75, 3.05) is 11.6 Å². The number of aromatic nitrogens is 4. The van der Waals surface area contributed by atoms with Crippen LogP contribution in [0, 0.1) is 0 Å². The van der Waals surface area contributed by atoms with Crippen LogP contribution in [0.1, 0.15) is 12.5 Å². The second-order valence-electron chi connectivity index (χ2n) is 6.82. The molecular formula is C18H17BrN6O4. The van der Waals surface area contributed by atoms with E-state index in [0.29, 0.717) is 5.71 Å². The summed E-state index contributed by atoms with van der Waals surface area (Å²) in [5, 5.41) is 14.6. The molecule has 150 valence electrons. The Bertz CT molecular complexity index is 1280. The molecule has 3 aromatic rings. The first-order valence-electron chi connectivity index (χ1n) is 8.74. The first-order chi connectivity index (χ1) is 13.8. The normalized spacial score (nSPS) is 13.5. The highest BCUT2D eigenvalue weighted by Crippen LogP contribution is 2.23. The Hall–Kier alpha value is -3.21. The zero-order valence-electron chi connectivity index (χ0n) is 15.7. The van der Waals surface area contributed by atoms with Crippen LogP contribution >= 0.6 is 15.9 Å². The van der Waals surface area contributed by atoms with E-state index in [1.807, 2.05) is 24.3 Å². The quantitative estimate of drug-likeness (QED) is 0.620. The van der Waals surface area contributed by atoms with Gasteiger partial charge in [-0.05, 0) is 24.6 Å². The Kier molecular flexibility index (Phi) is 4.61. The largest absolute Gasteiger partial charge is 0.480 e. The van der Waals surface area contributed by atoms with Gasteiger partial charge in [0.05, 0.1) is 18.8 Å². The van der Waals surface area contributed by atoms with E-state index < -0.39 is 23.8 Å². The van der Waals surface area contributed by atoms with Crippen molar-refractivity contribution in [3.8, 4) is 0 Å². The number of carbonyl (C=O) groups is 1. The van der Waals surface area contributed by atoms with Gasteiger partial charge in [-0.15, -0.1) is 0 Å². The number of aliphatic carboxylic acids is 1. The number of anilines is 1. The molecule has 1 aliphatic heterocycles. The minimum atomic E-state index is -1.08. The number of nitrogens with zero attached hydrogens (tertiary/aromatic N) is 6. The highest BCUT2D eigenvalue weighted by atomic mass is 79.9. The van der Waals surface area contributed by atoms with Gasteiger partial charge in [0.25, 0.3) is 5.56 Å². The van der Waals surface area contributed by atoms with Gasteiger partial charge in [0.2, 0.25) is 5.95 Å². The van der Waals surface area contributed by atoms with Gasteiger partial charge in [-0.1, -0.05) is 28.1 Å². The minimum absolute atomic E-state index is 0.112. The van der Waals surface area contributed by atoms with Gasteiger partial charge in [-0.3, -0.25) is 23.3 Å². The van der Waals surface area contributed by atoms with Gasteiger partial charge in [0, 0.05) is 11.5 Å². The number of aryl methyl sites for hydroxylation is 1. The molecule has 29 heavy (non-hydrogen) atoms. The predicted molar refractivity (Wildman–Crippen MR) is 111 cm³/mol. The van der Waals surface area contributed by atoms with E-state index in [4.69, 9.17) is 5.11 Å². The Balaban J connectivity index is 1.92. The van der Waals surface area contributed by atoms with Crippen LogP contribution in [-0.2, 0) is 24.9 Å². The fraction of sp³-hybridized carbons (Fsp3) is 0.278. The maximum Gasteiger partial charge on any atom is 0.332 e. The number of rotatable bonds is 4. The molecule has 0 atom stereocenters. The summed E-state index contributed by atoms with van der Waals surface area (Å²) in [4.78, 5) is 41.6. The molecule has 3 heterocycles. The Labute approximate surface area is 172 Å². The summed E-state index contributed by atoms with van der Waals surface area (Å²) in [6.07, 6.45) is 0. The van der Waals surface area contributed by atoms with Gasteiger partial charge in [0.15, 0.2) is 11.2 Å². The summed E-state index contributed by atoms with van der Waals surface area (Å²) in [5.41, 5.74) is 0.894. The molecule has 4 rings (SSSR count). The molecule has 2 aromatic heterocycles. The zero-order valence-corrected chi connectivity index (χ0v) is 17.2. The van der Waals surface area contributed by atoms with E-state index in [9.17, 15) is 14.4 Å². The molecule has 1 aliphatic rings. The number of halogens is 1. The predicted octanol–water partition coefficient (Wildman–Crippen LogP) is 0.988. The highest BCUT2D eigenvalue weighted by molar-refractivity contribution is 9.10. The summed E-state index contributed by atoms with van der Waals surface area (Å²) in [6.45, 7) is 1.74. The lowest BCUT2D eigenvalue weighted by molar-refractivity contribution is -0.135. The van der Waals surface area contributed by atoms with Crippen molar-refractivity contribution in [3.05, 3.63) is 55.1 Å². The molecular weight excluding hydrogens is 444 g/mol. The van der Waals surface area contributed by atoms with Crippen LogP contribution in [0.2, 0.25) is 0 Å². The van der Waals surface area contributed by atoms with Crippen LogP contribution in [0.4, 0.5) is 5.95 Å². The van der Waals surface area contributed by atoms with Gasteiger partial charge < -0.3 is 5.11 Å². The maximum absolute atomic E-state index is 13.2. The summed E-state index contributed by atoms with van der Waals surface area (Å²) < 4.78 is 4.97. The van der Waals surface area contributed by atoms with Crippen molar-refractivity contribution in [1.29, 1.82) is 0 Å². The molecule has 0 aliphatic carbocycles. The fourth-order valence-corrected chi connectivity index (χ4v) is 3.63. The average Bonchev–Trinajstić information content (AvgIpc) is 3.04. The average molecular weight is 461 g/mol. The molecule has 0 bridgehead atoms. The lowest BCUT2D eigenvalue weighted by atomic mass is 10.2. The summed E-state index contributed by atoms with van der Waals surface area (Å²) in [6, 6.07) is 7.34. The van der Waals surface area contributed by atoms with E-state index in [0.717, 1.165) is 14.6 Å². The second-order valence-corrected chi connectivity index (χ2v) is 7.73. The van der Waals surface area contributed by atoms with E-state index in [1.165, 1.54) is 16.6 Å². The maximum atomic E-state index is 13.2. The summed E-state index contributed by atoms with van der Waals surface area (Å²) in [7, 11) is 1.54. The summed E-state index contributed by atoms with van der Waals surface area (Å²) >= 11 is 3.36. The van der Waals surface area contributed by atoms with E-state index in [2.05, 4.69) is 26.0 Å². The first kappa shape index (κ1) is 19.1. The van der Waals surface area contributed by atoms with Crippen molar-refractivity contribution >= 4 is 44.7 Å². The van der Waals surface area contributed by atoms with Crippen molar-refractivity contribution in [3.63, 3.8) is 0 Å². The first-order valence-corrected chi connectivity index (χ1v) is 9.53. The Morgan fingerprint density at radius 3 is 2.59 bits per heavy atom. The van der Waals surface area contributed by atoms with Gasteiger partial charge in [-0.25, -0.2) is 9.80 Å². The molecule has 0 amide bonds. The number of hydrazone groups is 1. The van der Waals surface area contributed by atoms with Crippen molar-refractivity contribution in [2.45, 2.75) is 20.0 Å². The van der Waals surface area contributed by atoms with Crippen molar-refractivity contribution in [1.82, 2.24) is 18.7 Å². The number of fused-ring (bicyclic) bond motifs is 3. The molecule has 0 spiro atoms. The SMILES string of the molecule is CC1=NN(CC(=O)O)c2nc3c(c(=O)n(Cc4ccc(Br)cc4)c(=O)n3C)n2C1. The molecule has 0 fully saturated rings. The van der Waals surface area contributed by atoms with Crippen LogP contribution in [0.3, 0.4) is 0 Å². The standard InChI is InChI=1S/C18H17BrN6O4/c1-10-7-23-14-15(20-17(23)25(21-10)9-13(26)27)22(2)18(29)24(16(14)28)8-11-3-5-12(19)6-4-11/h3-6H,7-9H2,1-2H3,(H,26,27). The monoisotopic (exact) mass is 460 g/mol. The minimum Gasteiger partial charge on any atom is -0.480 e. The molecule has 10 nitrogen and oxygen atoms in total. The second kappa shape index (κ2) is 6.99. The van der Waals surface area contributed by atoms with Gasteiger partial charge >= 0.3 is 11.7 Å². The number of benzene rings is 1. The number of imidazole rings is 1. The molecule has 0 saturated carbocycles. The topological polar surface area (TPSA) is 115 Å². The molecule has 1 aromatic carbocycles. The molecule has 0 radical (unpaired) electrons. The van der Waals surface area contributed by atoms with Crippen LogP contribution < -0.4 is 16.3 Å². The molecule has 0 saturated heterocycles. The van der Waals surface area contributed by atoms with Crippen LogP contribution in [0.15, 0.2) is 43.4 Å². The Morgan fingerprint density at radius 1 is 1.24 bits per heavy atom. The lowest BCUT2D eigenvalue weighted by Gasteiger charge is -2.23. The highest BCUT2D eigenvalue weighted by Gasteiger charge is 2.27. The lowest BCUT2D eigenvalue weighted by Crippen LogP contribution is -2.40. The summed E-state index contributed by atoms with van der Waals surface area (Å²) in [5.74, 6) is -0.856. The van der Waals surface area contributed by atoms with E-state index in [1.54, 1.807) is 11.5 Å². The van der Waals surface area contributed by atoms with Gasteiger partial charge in [0.1, 0.15) is 6.54 Å². The van der Waals surface area contributed by atoms with Crippen LogP contribution in [0.25, 0.3) is 11.2 Å². The van der Waals surface area contributed by atoms with Crippen molar-refractivity contribution < 1.29 is 9.90 Å². The third-order valence-electron chi connectivity index (χ3n) is 4.66. The third kappa shape index (κ3) is 3.27. The van der Waals surface area contributed by atoms with Crippen LogP contribution in [-0.4, -0.2) is 42.0 Å². The van der Waals surface area contributed by atoms with E-state index in [-0.39, 0.29) is 30.2 Å². The number of carboxylic acid groups (broad SMARTS) is 1. The van der Waals surface area contributed by atoms with Crippen molar-refractivity contribution in [2.24, 2.45) is 12.1 Å².